The molecule has 2 nitrogen and oxygen atoms in total. The number of nitrogens with zero attached hydrogens (tertiary/aromatic N) is 1. The fourth-order valence-electron chi connectivity index (χ4n) is 4.09. The van der Waals surface area contributed by atoms with E-state index in [-0.39, 0.29) is 11.3 Å². The van der Waals surface area contributed by atoms with E-state index in [1.807, 2.05) is 0 Å². The molecule has 0 aromatic heterocycles. The van der Waals surface area contributed by atoms with Gasteiger partial charge in [0.1, 0.15) is 5.69 Å². The number of fused-ring (bicyclic) bond motifs is 2. The van der Waals surface area contributed by atoms with Crippen LogP contribution in [0.3, 0.4) is 0 Å². The van der Waals surface area contributed by atoms with Gasteiger partial charge in [-0.25, -0.2) is 0 Å². The average molecular weight is 284 g/mol. The lowest BCUT2D eigenvalue weighted by atomic mass is 9.81. The van der Waals surface area contributed by atoms with Gasteiger partial charge >= 0.3 is 0 Å². The third-order valence-corrected chi connectivity index (χ3v) is 5.51. The van der Waals surface area contributed by atoms with E-state index >= 15 is 0 Å². The average Bonchev–Trinajstić information content (AvgIpc) is 2.77. The summed E-state index contributed by atoms with van der Waals surface area (Å²) in [6.07, 6.45) is 4.38. The zero-order valence-electron chi connectivity index (χ0n) is 13.8. The number of hydrogen-bond acceptors (Lipinski definition) is 1. The molecule has 2 heteroatoms. The molecule has 0 radical (unpaired) electrons. The third kappa shape index (κ3) is 2.26. The van der Waals surface area contributed by atoms with Crippen LogP contribution in [-0.2, 0) is 4.79 Å². The Kier molecular flexibility index (Phi) is 3.14. The van der Waals surface area contributed by atoms with Crippen LogP contribution < -0.4 is 4.48 Å². The van der Waals surface area contributed by atoms with Crippen molar-refractivity contribution in [2.75, 3.05) is 21.1 Å². The van der Waals surface area contributed by atoms with Crippen molar-refractivity contribution in [2.45, 2.75) is 26.7 Å². The number of hydrogen-bond donors (Lipinski definition) is 0. The summed E-state index contributed by atoms with van der Waals surface area (Å²) in [7, 11) is 6.49. The summed E-state index contributed by atoms with van der Waals surface area (Å²) in [5.74, 6) is 1.10. The second-order valence-electron chi connectivity index (χ2n) is 8.07. The SMILES string of the molecule is CC1(C)C2CCC1/C(=C\c1ccc([N+](C)(C)C)cc1)C2=O. The van der Waals surface area contributed by atoms with Crippen LogP contribution in [0.4, 0.5) is 5.69 Å². The molecule has 2 bridgehead atoms. The largest absolute Gasteiger partial charge is 0.298 e. The van der Waals surface area contributed by atoms with Crippen LogP contribution in [-0.4, -0.2) is 26.9 Å². The molecule has 112 valence electrons. The molecule has 0 saturated heterocycles. The molecule has 21 heavy (non-hydrogen) atoms. The molecule has 2 aliphatic rings. The van der Waals surface area contributed by atoms with Crippen molar-refractivity contribution in [1.29, 1.82) is 0 Å². The van der Waals surface area contributed by atoms with Gasteiger partial charge in [0.15, 0.2) is 5.78 Å². The highest BCUT2D eigenvalue weighted by atomic mass is 16.1. The fraction of sp³-hybridized carbons (Fsp3) is 0.526. The summed E-state index contributed by atoms with van der Waals surface area (Å²) in [5.41, 5.74) is 3.65. The molecule has 1 aromatic rings. The van der Waals surface area contributed by atoms with Crippen LogP contribution in [0, 0.1) is 17.3 Å². The highest BCUT2D eigenvalue weighted by molar-refractivity contribution is 6.05. The molecule has 2 atom stereocenters. The highest BCUT2D eigenvalue weighted by Crippen LogP contribution is 2.58. The van der Waals surface area contributed by atoms with Crippen molar-refractivity contribution in [3.05, 3.63) is 35.4 Å². The Morgan fingerprint density at radius 2 is 1.62 bits per heavy atom. The lowest BCUT2D eigenvalue weighted by molar-refractivity contribution is -0.119. The lowest BCUT2D eigenvalue weighted by Gasteiger charge is -2.23. The van der Waals surface area contributed by atoms with Gasteiger partial charge < -0.3 is 0 Å². The smallest absolute Gasteiger partial charge is 0.162 e. The number of carbonyl (C=O) groups is 1. The Balaban J connectivity index is 1.91. The predicted octanol–water partition coefficient (Wildman–Crippen LogP) is 3.90. The maximum Gasteiger partial charge on any atom is 0.162 e. The van der Waals surface area contributed by atoms with E-state index in [2.05, 4.69) is 65.3 Å². The fourth-order valence-corrected chi connectivity index (χ4v) is 4.09. The molecular formula is C19H26NO+. The molecule has 0 N–H and O–H groups in total. The summed E-state index contributed by atoms with van der Waals surface area (Å²) in [5, 5.41) is 0. The first-order chi connectivity index (χ1) is 9.71. The molecular weight excluding hydrogens is 258 g/mol. The van der Waals surface area contributed by atoms with Gasteiger partial charge in [0.2, 0.25) is 0 Å². The number of carbonyl (C=O) groups excluding carboxylic acids is 1. The van der Waals surface area contributed by atoms with Crippen molar-refractivity contribution in [1.82, 2.24) is 4.48 Å². The number of Topliss-reactive ketones (excluding diaryl/α,β-unsaturated/α-hetero) is 1. The van der Waals surface area contributed by atoms with Gasteiger partial charge in [0.05, 0.1) is 21.1 Å². The van der Waals surface area contributed by atoms with E-state index in [0.29, 0.717) is 11.7 Å². The summed E-state index contributed by atoms with van der Waals surface area (Å²) >= 11 is 0. The number of rotatable bonds is 2. The Labute approximate surface area is 128 Å². The van der Waals surface area contributed by atoms with E-state index in [4.69, 9.17) is 0 Å². The number of benzene rings is 1. The van der Waals surface area contributed by atoms with E-state index < -0.39 is 0 Å². The van der Waals surface area contributed by atoms with Gasteiger partial charge in [-0.05, 0) is 65.7 Å². The minimum absolute atomic E-state index is 0.158. The second kappa shape index (κ2) is 4.54. The van der Waals surface area contributed by atoms with Crippen LogP contribution in [0.15, 0.2) is 29.8 Å². The Morgan fingerprint density at radius 1 is 1.05 bits per heavy atom. The molecule has 3 rings (SSSR count). The molecule has 2 fully saturated rings. The molecule has 2 unspecified atom stereocenters. The molecule has 2 saturated carbocycles. The second-order valence-corrected chi connectivity index (χ2v) is 8.07. The van der Waals surface area contributed by atoms with E-state index in [0.717, 1.165) is 22.0 Å². The number of ketones is 1. The normalized spacial score (nSPS) is 29.4. The van der Waals surface area contributed by atoms with Crippen molar-refractivity contribution < 1.29 is 4.79 Å². The van der Waals surface area contributed by atoms with Crippen molar-refractivity contribution >= 4 is 17.5 Å². The van der Waals surface area contributed by atoms with Gasteiger partial charge in [-0.3, -0.25) is 9.28 Å². The summed E-state index contributed by atoms with van der Waals surface area (Å²) < 4.78 is 0.813. The maximum absolute atomic E-state index is 12.5. The monoisotopic (exact) mass is 284 g/mol. The first-order valence-corrected chi connectivity index (χ1v) is 7.89. The third-order valence-electron chi connectivity index (χ3n) is 5.51. The summed E-state index contributed by atoms with van der Waals surface area (Å²) in [6, 6.07) is 8.60. The topological polar surface area (TPSA) is 17.1 Å². The summed E-state index contributed by atoms with van der Waals surface area (Å²) in [4.78, 5) is 12.5. The molecule has 2 aliphatic carbocycles. The molecule has 0 spiro atoms. The zero-order valence-corrected chi connectivity index (χ0v) is 13.8. The van der Waals surface area contributed by atoms with Gasteiger partial charge in [-0.2, -0.15) is 0 Å². The molecule has 0 heterocycles. The Morgan fingerprint density at radius 3 is 2.10 bits per heavy atom. The van der Waals surface area contributed by atoms with E-state index in [1.54, 1.807) is 0 Å². The van der Waals surface area contributed by atoms with Crippen LogP contribution in [0.2, 0.25) is 0 Å². The standard InChI is InChI=1S/C19H26NO/c1-19(2)16-10-11-17(19)18(21)15(16)12-13-6-8-14(9-7-13)20(3,4)5/h6-9,12,16-17H,10-11H2,1-5H3/q+1/b15-12+. The quantitative estimate of drug-likeness (QED) is 0.594. The first-order valence-electron chi connectivity index (χ1n) is 7.89. The first kappa shape index (κ1) is 14.5. The van der Waals surface area contributed by atoms with E-state index in [9.17, 15) is 4.79 Å². The van der Waals surface area contributed by atoms with Crippen molar-refractivity contribution in [2.24, 2.45) is 17.3 Å². The van der Waals surface area contributed by atoms with E-state index in [1.165, 1.54) is 12.1 Å². The number of quaternary nitrogens is 1. The lowest BCUT2D eigenvalue weighted by Crippen LogP contribution is -2.34. The summed E-state index contributed by atoms with van der Waals surface area (Å²) in [6.45, 7) is 4.52. The van der Waals surface area contributed by atoms with Crippen LogP contribution in [0.1, 0.15) is 32.3 Å². The maximum atomic E-state index is 12.5. The van der Waals surface area contributed by atoms with Gasteiger partial charge in [0, 0.05) is 5.92 Å². The number of allylic oxidation sites excluding steroid dienone is 1. The van der Waals surface area contributed by atoms with Crippen molar-refractivity contribution in [3.63, 3.8) is 0 Å². The van der Waals surface area contributed by atoms with Gasteiger partial charge in [-0.15, -0.1) is 0 Å². The van der Waals surface area contributed by atoms with Gasteiger partial charge in [-0.1, -0.05) is 13.8 Å². The predicted molar refractivity (Wildman–Crippen MR) is 89.0 cm³/mol. The molecule has 0 aliphatic heterocycles. The highest BCUT2D eigenvalue weighted by Gasteiger charge is 2.55. The Bertz CT molecular complexity index is 601. The molecule has 0 amide bonds. The van der Waals surface area contributed by atoms with Crippen molar-refractivity contribution in [3.8, 4) is 0 Å². The van der Waals surface area contributed by atoms with Crippen LogP contribution in [0.5, 0.6) is 0 Å². The van der Waals surface area contributed by atoms with Crippen LogP contribution >= 0.6 is 0 Å². The minimum Gasteiger partial charge on any atom is -0.298 e. The van der Waals surface area contributed by atoms with Crippen LogP contribution in [0.25, 0.3) is 6.08 Å². The Hall–Kier alpha value is -1.41. The van der Waals surface area contributed by atoms with Gasteiger partial charge in [0.25, 0.3) is 0 Å². The minimum atomic E-state index is 0.158. The molecule has 1 aromatic carbocycles. The zero-order chi connectivity index (χ0) is 15.4.